The second-order valence-corrected chi connectivity index (χ2v) is 5.05. The van der Waals surface area contributed by atoms with Gasteiger partial charge in [0.2, 0.25) is 0 Å². The van der Waals surface area contributed by atoms with Gasteiger partial charge in [-0.3, -0.25) is 0 Å². The molecule has 0 amide bonds. The van der Waals surface area contributed by atoms with Gasteiger partial charge in [-0.2, -0.15) is 0 Å². The van der Waals surface area contributed by atoms with Gasteiger partial charge in [0.15, 0.2) is 0 Å². The van der Waals surface area contributed by atoms with Crippen molar-refractivity contribution in [1.82, 2.24) is 0 Å². The van der Waals surface area contributed by atoms with E-state index in [1.54, 1.807) is 0 Å². The van der Waals surface area contributed by atoms with Crippen molar-refractivity contribution in [2.24, 2.45) is 5.73 Å². The quantitative estimate of drug-likeness (QED) is 0.759. The van der Waals surface area contributed by atoms with Crippen molar-refractivity contribution in [3.05, 3.63) is 65.9 Å². The number of para-hydroxylation sites is 2. The highest BCUT2D eigenvalue weighted by molar-refractivity contribution is 5.78. The van der Waals surface area contributed by atoms with Crippen LogP contribution in [-0.2, 0) is 0 Å². The van der Waals surface area contributed by atoms with Crippen molar-refractivity contribution < 1.29 is 9.15 Å². The van der Waals surface area contributed by atoms with Gasteiger partial charge in [0.1, 0.15) is 17.1 Å². The van der Waals surface area contributed by atoms with E-state index < -0.39 is 0 Å². The number of nitrogens with two attached hydrogens (primary N) is 1. The van der Waals surface area contributed by atoms with Crippen molar-refractivity contribution in [2.75, 3.05) is 6.61 Å². The summed E-state index contributed by atoms with van der Waals surface area (Å²) in [5.74, 6) is 1.58. The molecule has 0 saturated carbocycles. The summed E-state index contributed by atoms with van der Waals surface area (Å²) in [6.45, 7) is 2.77. The van der Waals surface area contributed by atoms with Crippen molar-refractivity contribution >= 4 is 11.0 Å². The molecule has 0 aliphatic carbocycles. The first kappa shape index (κ1) is 13.7. The summed E-state index contributed by atoms with van der Waals surface area (Å²) in [7, 11) is 0. The molecular weight excluding hydrogens is 262 g/mol. The molecule has 0 saturated heterocycles. The Hall–Kier alpha value is -2.26. The maximum absolute atomic E-state index is 6.38. The molecule has 0 spiro atoms. The molecule has 0 radical (unpaired) electrons. The molecule has 21 heavy (non-hydrogen) atoms. The van der Waals surface area contributed by atoms with Gasteiger partial charge in [-0.1, -0.05) is 43.3 Å². The molecule has 0 aliphatic rings. The molecule has 3 nitrogen and oxygen atoms in total. The summed E-state index contributed by atoms with van der Waals surface area (Å²) in [5.41, 5.74) is 8.18. The van der Waals surface area contributed by atoms with E-state index in [-0.39, 0.29) is 6.04 Å². The molecule has 0 fully saturated rings. The van der Waals surface area contributed by atoms with E-state index >= 15 is 0 Å². The van der Waals surface area contributed by atoms with Gasteiger partial charge in [0.25, 0.3) is 0 Å². The third-order valence-electron chi connectivity index (χ3n) is 3.47. The van der Waals surface area contributed by atoms with E-state index in [0.29, 0.717) is 6.61 Å². The minimum Gasteiger partial charge on any atom is -0.493 e. The molecule has 2 aromatic carbocycles. The van der Waals surface area contributed by atoms with Gasteiger partial charge < -0.3 is 14.9 Å². The van der Waals surface area contributed by atoms with Gasteiger partial charge in [-0.15, -0.1) is 0 Å². The fourth-order valence-corrected chi connectivity index (χ4v) is 2.39. The van der Waals surface area contributed by atoms with Crippen LogP contribution >= 0.6 is 0 Å². The van der Waals surface area contributed by atoms with Crippen LogP contribution in [0.25, 0.3) is 11.0 Å². The van der Waals surface area contributed by atoms with Crippen LogP contribution in [0.2, 0.25) is 0 Å². The smallest absolute Gasteiger partial charge is 0.134 e. The molecule has 2 N–H and O–H groups in total. The third kappa shape index (κ3) is 2.78. The van der Waals surface area contributed by atoms with Crippen LogP contribution in [0.1, 0.15) is 30.7 Å². The van der Waals surface area contributed by atoms with E-state index in [2.05, 4.69) is 6.92 Å². The number of benzene rings is 2. The van der Waals surface area contributed by atoms with E-state index in [1.807, 2.05) is 54.6 Å². The van der Waals surface area contributed by atoms with Crippen LogP contribution in [0.4, 0.5) is 0 Å². The Labute approximate surface area is 124 Å². The Kier molecular flexibility index (Phi) is 3.93. The molecule has 108 valence electrons. The SMILES string of the molecule is CCCOc1ccccc1C(N)c1cc2ccccc2o1. The van der Waals surface area contributed by atoms with Crippen LogP contribution in [0.5, 0.6) is 5.75 Å². The zero-order chi connectivity index (χ0) is 14.7. The minimum absolute atomic E-state index is 0.328. The van der Waals surface area contributed by atoms with E-state index in [0.717, 1.165) is 34.5 Å². The van der Waals surface area contributed by atoms with Crippen LogP contribution in [0.15, 0.2) is 59.0 Å². The Bertz CT molecular complexity index is 700. The fraction of sp³-hybridized carbons (Fsp3) is 0.222. The lowest BCUT2D eigenvalue weighted by Gasteiger charge is -2.15. The molecule has 1 aromatic heterocycles. The van der Waals surface area contributed by atoms with Gasteiger partial charge in [0.05, 0.1) is 12.6 Å². The number of ether oxygens (including phenoxy) is 1. The van der Waals surface area contributed by atoms with Gasteiger partial charge in [-0.25, -0.2) is 0 Å². The Morgan fingerprint density at radius 2 is 1.86 bits per heavy atom. The summed E-state index contributed by atoms with van der Waals surface area (Å²) in [6.07, 6.45) is 0.966. The summed E-state index contributed by atoms with van der Waals surface area (Å²) in [5, 5.41) is 1.06. The number of furan rings is 1. The lowest BCUT2D eigenvalue weighted by molar-refractivity contribution is 0.312. The summed E-state index contributed by atoms with van der Waals surface area (Å²) < 4.78 is 11.6. The van der Waals surface area contributed by atoms with Crippen LogP contribution in [0.3, 0.4) is 0 Å². The molecule has 1 heterocycles. The molecule has 0 aliphatic heterocycles. The molecule has 1 unspecified atom stereocenters. The zero-order valence-electron chi connectivity index (χ0n) is 12.1. The van der Waals surface area contributed by atoms with Gasteiger partial charge in [-0.05, 0) is 24.6 Å². The topological polar surface area (TPSA) is 48.4 Å². The van der Waals surface area contributed by atoms with Crippen molar-refractivity contribution in [3.63, 3.8) is 0 Å². The van der Waals surface area contributed by atoms with E-state index in [4.69, 9.17) is 14.9 Å². The van der Waals surface area contributed by atoms with Crippen molar-refractivity contribution in [1.29, 1.82) is 0 Å². The first-order valence-electron chi connectivity index (χ1n) is 7.25. The van der Waals surface area contributed by atoms with Gasteiger partial charge >= 0.3 is 0 Å². The molecule has 0 bridgehead atoms. The van der Waals surface area contributed by atoms with Crippen LogP contribution < -0.4 is 10.5 Å². The average Bonchev–Trinajstić information content (AvgIpc) is 2.96. The summed E-state index contributed by atoms with van der Waals surface area (Å²) in [4.78, 5) is 0. The van der Waals surface area contributed by atoms with Crippen molar-refractivity contribution in [2.45, 2.75) is 19.4 Å². The second kappa shape index (κ2) is 6.02. The molecular formula is C18H19NO2. The Balaban J connectivity index is 1.95. The zero-order valence-corrected chi connectivity index (χ0v) is 12.1. The predicted molar refractivity (Wildman–Crippen MR) is 84.5 cm³/mol. The monoisotopic (exact) mass is 281 g/mol. The lowest BCUT2D eigenvalue weighted by atomic mass is 10.0. The van der Waals surface area contributed by atoms with E-state index in [1.165, 1.54) is 0 Å². The summed E-state index contributed by atoms with van der Waals surface area (Å²) >= 11 is 0. The summed E-state index contributed by atoms with van der Waals surface area (Å²) in [6, 6.07) is 17.5. The normalized spacial score (nSPS) is 12.5. The van der Waals surface area contributed by atoms with Crippen molar-refractivity contribution in [3.8, 4) is 5.75 Å². The molecule has 3 heteroatoms. The van der Waals surface area contributed by atoms with Crippen LogP contribution in [0, 0.1) is 0 Å². The highest BCUT2D eigenvalue weighted by atomic mass is 16.5. The fourth-order valence-electron chi connectivity index (χ4n) is 2.39. The standard InChI is InChI=1S/C18H19NO2/c1-2-11-20-16-10-6-4-8-14(16)18(19)17-12-13-7-3-5-9-15(13)21-17/h3-10,12,18H,2,11,19H2,1H3. The predicted octanol–water partition coefficient (Wildman–Crippen LogP) is 4.27. The number of hydrogen-bond donors (Lipinski definition) is 1. The number of rotatable bonds is 5. The third-order valence-corrected chi connectivity index (χ3v) is 3.47. The number of hydrogen-bond acceptors (Lipinski definition) is 3. The Morgan fingerprint density at radius 3 is 2.67 bits per heavy atom. The lowest BCUT2D eigenvalue weighted by Crippen LogP contribution is -2.13. The van der Waals surface area contributed by atoms with Crippen LogP contribution in [-0.4, -0.2) is 6.61 Å². The average molecular weight is 281 g/mol. The molecule has 1 atom stereocenters. The highest BCUT2D eigenvalue weighted by Gasteiger charge is 2.17. The molecule has 3 aromatic rings. The Morgan fingerprint density at radius 1 is 1.10 bits per heavy atom. The molecule has 3 rings (SSSR count). The van der Waals surface area contributed by atoms with E-state index in [9.17, 15) is 0 Å². The number of fused-ring (bicyclic) bond motifs is 1. The largest absolute Gasteiger partial charge is 0.493 e. The first-order chi connectivity index (χ1) is 10.3. The highest BCUT2D eigenvalue weighted by Crippen LogP contribution is 2.31. The minimum atomic E-state index is -0.328. The second-order valence-electron chi connectivity index (χ2n) is 5.05. The maximum Gasteiger partial charge on any atom is 0.134 e. The van der Waals surface area contributed by atoms with Gasteiger partial charge in [0, 0.05) is 10.9 Å². The first-order valence-corrected chi connectivity index (χ1v) is 7.25. The maximum atomic E-state index is 6.38.